The zero-order valence-corrected chi connectivity index (χ0v) is 14.0. The van der Waals surface area contributed by atoms with E-state index in [1.54, 1.807) is 0 Å². The largest absolute Gasteiger partial charge is 0.378 e. The van der Waals surface area contributed by atoms with Gasteiger partial charge in [0.15, 0.2) is 0 Å². The van der Waals surface area contributed by atoms with Crippen molar-refractivity contribution in [3.63, 3.8) is 0 Å². The fraction of sp³-hybridized carbons (Fsp3) is 0.312. The summed E-state index contributed by atoms with van der Waals surface area (Å²) in [5.41, 5.74) is 7.11. The maximum absolute atomic E-state index is 11.1. The minimum atomic E-state index is -0.566. The Bertz CT molecular complexity index is 762. The number of nitrogens with one attached hydrogen (secondary N) is 1. The molecule has 24 heavy (non-hydrogen) atoms. The smallest absolute Gasteiger partial charge is 0.250 e. The normalized spacial score (nSPS) is 14.5. The lowest BCUT2D eigenvalue weighted by Crippen LogP contribution is -2.36. The number of anilines is 3. The van der Waals surface area contributed by atoms with Gasteiger partial charge in [-0.05, 0) is 25.1 Å². The van der Waals surface area contributed by atoms with Crippen LogP contribution in [-0.2, 0) is 4.74 Å². The van der Waals surface area contributed by atoms with Crippen molar-refractivity contribution in [2.75, 3.05) is 36.5 Å². The molecule has 126 valence electrons. The summed E-state index contributed by atoms with van der Waals surface area (Å²) in [6, 6.07) is 5.38. The van der Waals surface area contributed by atoms with Crippen LogP contribution in [-0.4, -0.2) is 42.2 Å². The molecular formula is C16H18ClN5O2. The Morgan fingerprint density at radius 2 is 2.12 bits per heavy atom. The Hall–Kier alpha value is -2.38. The first-order chi connectivity index (χ1) is 11.5. The average Bonchev–Trinajstić information content (AvgIpc) is 2.59. The summed E-state index contributed by atoms with van der Waals surface area (Å²) in [5, 5.41) is 3.46. The number of halogens is 1. The predicted octanol–water partition coefficient (Wildman–Crippen LogP) is 2.12. The lowest BCUT2D eigenvalue weighted by Gasteiger charge is -2.28. The van der Waals surface area contributed by atoms with E-state index in [0.29, 0.717) is 24.1 Å². The van der Waals surface area contributed by atoms with E-state index < -0.39 is 5.91 Å². The predicted molar refractivity (Wildman–Crippen MR) is 93.1 cm³/mol. The van der Waals surface area contributed by atoms with Crippen molar-refractivity contribution in [3.05, 3.63) is 40.7 Å². The molecule has 0 atom stereocenters. The molecule has 7 nitrogen and oxygen atoms in total. The minimum absolute atomic E-state index is 0.267. The first kappa shape index (κ1) is 16.5. The SMILES string of the molecule is Cc1nc(N2CCOCC2)ccc1Nc1ncc(C(N)=O)cc1Cl. The van der Waals surface area contributed by atoms with E-state index in [1.165, 1.54) is 12.3 Å². The van der Waals surface area contributed by atoms with E-state index in [9.17, 15) is 4.79 Å². The Morgan fingerprint density at radius 1 is 1.38 bits per heavy atom. The van der Waals surface area contributed by atoms with Gasteiger partial charge in [0.1, 0.15) is 11.6 Å². The molecule has 2 aromatic rings. The topological polar surface area (TPSA) is 93.4 Å². The van der Waals surface area contributed by atoms with Gasteiger partial charge in [-0.25, -0.2) is 9.97 Å². The second kappa shape index (κ2) is 7.02. The molecule has 0 bridgehead atoms. The van der Waals surface area contributed by atoms with Gasteiger partial charge in [0.05, 0.1) is 35.2 Å². The number of hydrogen-bond acceptors (Lipinski definition) is 6. The molecule has 2 aromatic heterocycles. The third-order valence-corrected chi connectivity index (χ3v) is 4.07. The number of pyridine rings is 2. The standard InChI is InChI=1S/C16H18ClN5O2/c1-10-13(2-3-14(20-10)22-4-6-24-7-5-22)21-16-12(17)8-11(9-19-16)15(18)23/h2-3,8-9H,4-7H2,1H3,(H2,18,23)(H,19,21). The van der Waals surface area contributed by atoms with E-state index in [4.69, 9.17) is 22.1 Å². The van der Waals surface area contributed by atoms with Crippen molar-refractivity contribution >= 4 is 34.8 Å². The van der Waals surface area contributed by atoms with Crippen LogP contribution in [0.3, 0.4) is 0 Å². The zero-order chi connectivity index (χ0) is 17.1. The molecule has 1 amide bonds. The monoisotopic (exact) mass is 347 g/mol. The van der Waals surface area contributed by atoms with Crippen LogP contribution >= 0.6 is 11.6 Å². The molecule has 1 aliphatic heterocycles. The molecular weight excluding hydrogens is 330 g/mol. The Balaban J connectivity index is 1.79. The van der Waals surface area contributed by atoms with Crippen LogP contribution in [0.5, 0.6) is 0 Å². The van der Waals surface area contributed by atoms with E-state index in [-0.39, 0.29) is 5.56 Å². The van der Waals surface area contributed by atoms with Gasteiger partial charge in [0, 0.05) is 19.3 Å². The lowest BCUT2D eigenvalue weighted by atomic mass is 10.2. The average molecular weight is 348 g/mol. The van der Waals surface area contributed by atoms with Crippen molar-refractivity contribution < 1.29 is 9.53 Å². The molecule has 0 spiro atoms. The molecule has 1 aliphatic rings. The minimum Gasteiger partial charge on any atom is -0.378 e. The highest BCUT2D eigenvalue weighted by Crippen LogP contribution is 2.26. The fourth-order valence-electron chi connectivity index (χ4n) is 2.44. The number of aromatic nitrogens is 2. The van der Waals surface area contributed by atoms with Crippen molar-refractivity contribution in [3.8, 4) is 0 Å². The number of hydrogen-bond donors (Lipinski definition) is 2. The summed E-state index contributed by atoms with van der Waals surface area (Å²) in [6.45, 7) is 5.01. The Morgan fingerprint density at radius 3 is 2.75 bits per heavy atom. The van der Waals surface area contributed by atoms with E-state index in [0.717, 1.165) is 30.3 Å². The highest BCUT2D eigenvalue weighted by atomic mass is 35.5. The Labute approximate surface area is 144 Å². The Kier molecular flexibility index (Phi) is 4.82. The molecule has 3 heterocycles. The first-order valence-electron chi connectivity index (χ1n) is 7.57. The number of aryl methyl sites for hydroxylation is 1. The number of nitrogens with zero attached hydrogens (tertiary/aromatic N) is 3. The van der Waals surface area contributed by atoms with Crippen molar-refractivity contribution in [2.45, 2.75) is 6.92 Å². The van der Waals surface area contributed by atoms with Crippen LogP contribution in [0.1, 0.15) is 16.1 Å². The van der Waals surface area contributed by atoms with Gasteiger partial charge >= 0.3 is 0 Å². The third kappa shape index (κ3) is 3.58. The molecule has 3 N–H and O–H groups in total. The van der Waals surface area contributed by atoms with Crippen LogP contribution in [0.25, 0.3) is 0 Å². The first-order valence-corrected chi connectivity index (χ1v) is 7.95. The second-order valence-corrected chi connectivity index (χ2v) is 5.85. The number of amides is 1. The highest BCUT2D eigenvalue weighted by molar-refractivity contribution is 6.33. The highest BCUT2D eigenvalue weighted by Gasteiger charge is 2.14. The number of primary amides is 1. The van der Waals surface area contributed by atoms with Gasteiger partial charge < -0.3 is 20.7 Å². The van der Waals surface area contributed by atoms with Crippen molar-refractivity contribution in [2.24, 2.45) is 5.73 Å². The molecule has 0 aliphatic carbocycles. The summed E-state index contributed by atoms with van der Waals surface area (Å²) in [4.78, 5) is 22.1. The van der Waals surface area contributed by atoms with Gasteiger partial charge in [0.25, 0.3) is 0 Å². The fourth-order valence-corrected chi connectivity index (χ4v) is 2.65. The molecule has 1 fully saturated rings. The number of ether oxygens (including phenoxy) is 1. The maximum Gasteiger partial charge on any atom is 0.250 e. The van der Waals surface area contributed by atoms with Crippen LogP contribution in [0.2, 0.25) is 5.02 Å². The summed E-state index contributed by atoms with van der Waals surface area (Å²) < 4.78 is 5.36. The molecule has 1 saturated heterocycles. The van der Waals surface area contributed by atoms with Gasteiger partial charge in [-0.1, -0.05) is 11.6 Å². The number of carbonyl (C=O) groups is 1. The second-order valence-electron chi connectivity index (χ2n) is 5.45. The molecule has 0 saturated carbocycles. The maximum atomic E-state index is 11.1. The van der Waals surface area contributed by atoms with Gasteiger partial charge in [0.2, 0.25) is 5.91 Å². The lowest BCUT2D eigenvalue weighted by molar-refractivity contribution is 0.1000. The van der Waals surface area contributed by atoms with Crippen LogP contribution < -0.4 is 16.0 Å². The van der Waals surface area contributed by atoms with Crippen LogP contribution in [0.4, 0.5) is 17.3 Å². The van der Waals surface area contributed by atoms with Gasteiger partial charge in [-0.3, -0.25) is 4.79 Å². The molecule has 0 aromatic carbocycles. The van der Waals surface area contributed by atoms with E-state index in [2.05, 4.69) is 20.2 Å². The molecule has 0 unspecified atom stereocenters. The molecule has 3 rings (SSSR count). The quantitative estimate of drug-likeness (QED) is 0.880. The van der Waals surface area contributed by atoms with Crippen molar-refractivity contribution in [1.82, 2.24) is 9.97 Å². The number of carbonyl (C=O) groups excluding carboxylic acids is 1. The van der Waals surface area contributed by atoms with Crippen LogP contribution in [0, 0.1) is 6.92 Å². The van der Waals surface area contributed by atoms with E-state index in [1.807, 2.05) is 19.1 Å². The van der Waals surface area contributed by atoms with Gasteiger partial charge in [-0.2, -0.15) is 0 Å². The summed E-state index contributed by atoms with van der Waals surface area (Å²) in [6.07, 6.45) is 1.39. The zero-order valence-electron chi connectivity index (χ0n) is 13.3. The third-order valence-electron chi connectivity index (χ3n) is 3.78. The van der Waals surface area contributed by atoms with E-state index >= 15 is 0 Å². The number of morpholine rings is 1. The number of rotatable bonds is 4. The summed E-state index contributed by atoms with van der Waals surface area (Å²) in [7, 11) is 0. The summed E-state index contributed by atoms with van der Waals surface area (Å²) >= 11 is 6.15. The number of nitrogens with two attached hydrogens (primary N) is 1. The molecule has 8 heteroatoms. The van der Waals surface area contributed by atoms with Gasteiger partial charge in [-0.15, -0.1) is 0 Å². The van der Waals surface area contributed by atoms with Crippen molar-refractivity contribution in [1.29, 1.82) is 0 Å². The molecule has 0 radical (unpaired) electrons. The van der Waals surface area contributed by atoms with Crippen LogP contribution in [0.15, 0.2) is 24.4 Å². The summed E-state index contributed by atoms with van der Waals surface area (Å²) in [5.74, 6) is 0.804.